The number of hydrogen-bond donors (Lipinski definition) is 2. The van der Waals surface area contributed by atoms with E-state index in [4.69, 9.17) is 9.47 Å². The van der Waals surface area contributed by atoms with Gasteiger partial charge >= 0.3 is 17.8 Å². The van der Waals surface area contributed by atoms with Crippen molar-refractivity contribution >= 4 is 23.8 Å². The van der Waals surface area contributed by atoms with Crippen LogP contribution in [0.4, 0.5) is 9.18 Å². The zero-order valence-electron chi connectivity index (χ0n) is 19.2. The summed E-state index contributed by atoms with van der Waals surface area (Å²) in [5.74, 6) is -1.13. The predicted octanol–water partition coefficient (Wildman–Crippen LogP) is 3.18. The minimum Gasteiger partial charge on any atom is -0.496 e. The van der Waals surface area contributed by atoms with Gasteiger partial charge in [-0.05, 0) is 66.1 Å². The molecular weight excluding hydrogens is 469 g/mol. The second-order valence-corrected chi connectivity index (χ2v) is 7.88. The monoisotopic (exact) mass is 491 g/mol. The highest BCUT2D eigenvalue weighted by Gasteiger charge is 2.36. The van der Waals surface area contributed by atoms with E-state index in [1.807, 2.05) is 5.32 Å². The zero-order chi connectivity index (χ0) is 25.7. The number of carbonyl (C=O) groups is 4. The molecule has 1 fully saturated rings. The molecule has 3 aromatic rings. The Hall–Kier alpha value is -4.73. The van der Waals surface area contributed by atoms with Crippen molar-refractivity contribution in [2.45, 2.75) is 13.0 Å². The number of methoxy groups -OCH3 is 1. The number of ether oxygens (including phenoxy) is 2. The molecule has 0 atom stereocenters. The Balaban J connectivity index is 1.36. The van der Waals surface area contributed by atoms with Crippen molar-refractivity contribution in [3.05, 3.63) is 89.2 Å². The Labute approximate surface area is 205 Å². The quantitative estimate of drug-likeness (QED) is 0.351. The molecule has 0 bridgehead atoms. The smallest absolute Gasteiger partial charge is 0.331 e. The van der Waals surface area contributed by atoms with Crippen LogP contribution in [0, 0.1) is 5.82 Å². The molecule has 9 nitrogen and oxygen atoms in total. The molecule has 2 N–H and O–H groups in total. The third-order valence-electron chi connectivity index (χ3n) is 5.46. The van der Waals surface area contributed by atoms with Crippen LogP contribution in [-0.4, -0.2) is 42.3 Å². The highest BCUT2D eigenvalue weighted by Crippen LogP contribution is 2.23. The van der Waals surface area contributed by atoms with E-state index in [0.29, 0.717) is 28.4 Å². The molecule has 0 aromatic heterocycles. The van der Waals surface area contributed by atoms with Gasteiger partial charge in [-0.25, -0.2) is 9.18 Å². The lowest BCUT2D eigenvalue weighted by Gasteiger charge is -2.14. The van der Waals surface area contributed by atoms with Crippen LogP contribution in [0.15, 0.2) is 66.7 Å². The molecule has 1 heterocycles. The molecule has 0 unspecified atom stereocenters. The van der Waals surface area contributed by atoms with Crippen LogP contribution in [0.3, 0.4) is 0 Å². The minimum atomic E-state index is -0.954. The molecule has 1 aliphatic heterocycles. The molecule has 4 rings (SSSR count). The average molecular weight is 491 g/mol. The standard InChI is InChI=1S/C26H22FN3O6/c1-35-22-11-4-16(12-13-30-25(33)24(32)29-26(30)34)14-21(22)23(31)28-15-17-2-7-19(8-3-17)36-20-9-5-18(27)6-10-20/h2-11,14H,12-13,15H2,1H3,(H,28,31)(H,29,32,34). The topological polar surface area (TPSA) is 114 Å². The lowest BCUT2D eigenvalue weighted by Crippen LogP contribution is -2.33. The molecule has 0 aliphatic carbocycles. The van der Waals surface area contributed by atoms with Gasteiger partial charge in [0.1, 0.15) is 23.1 Å². The zero-order valence-corrected chi connectivity index (χ0v) is 19.2. The summed E-state index contributed by atoms with van der Waals surface area (Å²) >= 11 is 0. The summed E-state index contributed by atoms with van der Waals surface area (Å²) in [6.45, 7) is 0.240. The lowest BCUT2D eigenvalue weighted by atomic mass is 10.1. The minimum absolute atomic E-state index is 0.00383. The second kappa shape index (κ2) is 10.7. The molecule has 1 aliphatic rings. The van der Waals surface area contributed by atoms with Gasteiger partial charge in [-0.1, -0.05) is 18.2 Å². The molecule has 0 spiro atoms. The summed E-state index contributed by atoms with van der Waals surface area (Å²) in [7, 11) is 1.45. The largest absolute Gasteiger partial charge is 0.496 e. The highest BCUT2D eigenvalue weighted by atomic mass is 19.1. The van der Waals surface area contributed by atoms with E-state index in [2.05, 4.69) is 5.32 Å². The van der Waals surface area contributed by atoms with Crippen molar-refractivity contribution in [3.8, 4) is 17.2 Å². The van der Waals surface area contributed by atoms with Gasteiger partial charge < -0.3 is 14.8 Å². The van der Waals surface area contributed by atoms with Crippen LogP contribution in [0.1, 0.15) is 21.5 Å². The van der Waals surface area contributed by atoms with Crippen LogP contribution in [0.25, 0.3) is 0 Å². The van der Waals surface area contributed by atoms with Crippen LogP contribution >= 0.6 is 0 Å². The van der Waals surface area contributed by atoms with Gasteiger partial charge in [0.25, 0.3) is 5.91 Å². The molecule has 5 amide bonds. The van der Waals surface area contributed by atoms with Crippen molar-refractivity contribution < 1.29 is 33.0 Å². The van der Waals surface area contributed by atoms with E-state index in [0.717, 1.165) is 10.5 Å². The number of imide groups is 2. The number of urea groups is 1. The third-order valence-corrected chi connectivity index (χ3v) is 5.46. The molecule has 1 saturated heterocycles. The maximum Gasteiger partial charge on any atom is 0.331 e. The van der Waals surface area contributed by atoms with Gasteiger partial charge in [0, 0.05) is 13.1 Å². The Morgan fingerprint density at radius 3 is 2.19 bits per heavy atom. The Morgan fingerprint density at radius 1 is 0.944 bits per heavy atom. The number of amides is 5. The number of halogens is 1. The first kappa shape index (κ1) is 24.4. The number of benzene rings is 3. The fraction of sp³-hybridized carbons (Fsp3) is 0.154. The number of nitrogens with zero attached hydrogens (tertiary/aromatic N) is 1. The van der Waals surface area contributed by atoms with E-state index < -0.39 is 17.8 Å². The van der Waals surface area contributed by atoms with Crippen molar-refractivity contribution in [2.24, 2.45) is 0 Å². The van der Waals surface area contributed by atoms with Crippen molar-refractivity contribution in [1.82, 2.24) is 15.5 Å². The SMILES string of the molecule is COc1ccc(CCN2C(=O)NC(=O)C2=O)cc1C(=O)NCc1ccc(Oc2ccc(F)cc2)cc1. The summed E-state index contributed by atoms with van der Waals surface area (Å²) in [4.78, 5) is 48.5. The number of carbonyl (C=O) groups excluding carboxylic acids is 4. The summed E-state index contributed by atoms with van der Waals surface area (Å²) in [6, 6.07) is 17.0. The van der Waals surface area contributed by atoms with E-state index in [9.17, 15) is 23.6 Å². The lowest BCUT2D eigenvalue weighted by molar-refractivity contribution is -0.140. The summed E-state index contributed by atoms with van der Waals surface area (Å²) in [6.07, 6.45) is 0.256. The second-order valence-electron chi connectivity index (χ2n) is 7.88. The van der Waals surface area contributed by atoms with Crippen LogP contribution in [-0.2, 0) is 22.6 Å². The summed E-state index contributed by atoms with van der Waals surface area (Å²) < 4.78 is 24.0. The Morgan fingerprint density at radius 2 is 1.58 bits per heavy atom. The van der Waals surface area contributed by atoms with Gasteiger partial charge in [-0.2, -0.15) is 0 Å². The Kier molecular flexibility index (Phi) is 7.24. The molecule has 10 heteroatoms. The molecule has 184 valence electrons. The maximum atomic E-state index is 13.0. The van der Waals surface area contributed by atoms with Crippen molar-refractivity contribution in [2.75, 3.05) is 13.7 Å². The number of hydrogen-bond acceptors (Lipinski definition) is 6. The van der Waals surface area contributed by atoms with Gasteiger partial charge in [-0.3, -0.25) is 24.6 Å². The normalized spacial score (nSPS) is 12.9. The molecule has 0 radical (unpaired) electrons. The van der Waals surface area contributed by atoms with E-state index in [1.54, 1.807) is 42.5 Å². The summed E-state index contributed by atoms with van der Waals surface area (Å²) in [5, 5.41) is 4.78. The van der Waals surface area contributed by atoms with Gasteiger partial charge in [0.15, 0.2) is 0 Å². The average Bonchev–Trinajstić information content (AvgIpc) is 3.13. The third kappa shape index (κ3) is 5.66. The summed E-state index contributed by atoms with van der Waals surface area (Å²) in [5.41, 5.74) is 1.80. The van der Waals surface area contributed by atoms with Gasteiger partial charge in [0.05, 0.1) is 12.7 Å². The molecule has 0 saturated carbocycles. The fourth-order valence-corrected chi connectivity index (χ4v) is 3.56. The van der Waals surface area contributed by atoms with Gasteiger partial charge in [-0.15, -0.1) is 0 Å². The first-order valence-corrected chi connectivity index (χ1v) is 11.0. The Bertz CT molecular complexity index is 1310. The van der Waals surface area contributed by atoms with Crippen molar-refractivity contribution in [1.29, 1.82) is 0 Å². The maximum absolute atomic E-state index is 13.0. The first-order chi connectivity index (χ1) is 17.3. The first-order valence-electron chi connectivity index (χ1n) is 11.0. The fourth-order valence-electron chi connectivity index (χ4n) is 3.56. The number of rotatable bonds is 9. The van der Waals surface area contributed by atoms with Crippen LogP contribution < -0.4 is 20.1 Å². The van der Waals surface area contributed by atoms with Crippen LogP contribution in [0.2, 0.25) is 0 Å². The molecule has 3 aromatic carbocycles. The highest BCUT2D eigenvalue weighted by molar-refractivity contribution is 6.44. The number of nitrogens with one attached hydrogen (secondary N) is 2. The van der Waals surface area contributed by atoms with E-state index in [-0.39, 0.29) is 31.2 Å². The van der Waals surface area contributed by atoms with E-state index in [1.165, 1.54) is 31.4 Å². The van der Waals surface area contributed by atoms with E-state index >= 15 is 0 Å². The van der Waals surface area contributed by atoms with Crippen LogP contribution in [0.5, 0.6) is 17.2 Å². The van der Waals surface area contributed by atoms with Crippen molar-refractivity contribution in [3.63, 3.8) is 0 Å². The predicted molar refractivity (Wildman–Crippen MR) is 126 cm³/mol. The van der Waals surface area contributed by atoms with Gasteiger partial charge in [0.2, 0.25) is 0 Å². The molecule has 36 heavy (non-hydrogen) atoms. The molecular formula is C26H22FN3O6.